The molecular weight excluding hydrogens is 176 g/mol. The molecule has 0 aromatic heterocycles. The van der Waals surface area contributed by atoms with E-state index in [-0.39, 0.29) is 12.1 Å². The Hall–Kier alpha value is -0.120. The molecule has 82 valence electrons. The first kappa shape index (κ1) is 10.4. The number of likely N-dealkylation sites (N-methyl/N-ethyl adjacent to an activating group) is 1. The highest BCUT2D eigenvalue weighted by molar-refractivity contribution is 4.98. The number of rotatable bonds is 3. The molecule has 1 aliphatic heterocycles. The van der Waals surface area contributed by atoms with Crippen LogP contribution in [0.1, 0.15) is 32.1 Å². The normalized spacial score (nSPS) is 35.6. The van der Waals surface area contributed by atoms with E-state index in [9.17, 15) is 5.11 Å². The Morgan fingerprint density at radius 3 is 2.64 bits per heavy atom. The van der Waals surface area contributed by atoms with Crippen LogP contribution >= 0.6 is 0 Å². The molecule has 1 saturated heterocycles. The largest absolute Gasteiger partial charge is 0.394 e. The third kappa shape index (κ3) is 1.81. The zero-order valence-corrected chi connectivity index (χ0v) is 9.13. The van der Waals surface area contributed by atoms with Gasteiger partial charge in [-0.15, -0.1) is 0 Å². The molecule has 2 fully saturated rings. The minimum Gasteiger partial charge on any atom is -0.394 e. The first-order valence-electron chi connectivity index (χ1n) is 5.83. The van der Waals surface area contributed by atoms with E-state index in [1.807, 2.05) is 7.05 Å². The number of nitrogens with one attached hydrogen (secondary N) is 1. The molecule has 0 bridgehead atoms. The number of aliphatic hydroxyl groups is 1. The van der Waals surface area contributed by atoms with Gasteiger partial charge in [0.1, 0.15) is 0 Å². The van der Waals surface area contributed by atoms with Gasteiger partial charge in [-0.1, -0.05) is 12.8 Å². The van der Waals surface area contributed by atoms with Gasteiger partial charge in [0, 0.05) is 19.1 Å². The van der Waals surface area contributed by atoms with Crippen LogP contribution in [0, 0.1) is 0 Å². The summed E-state index contributed by atoms with van der Waals surface area (Å²) in [5.74, 6) is 0. The fourth-order valence-electron chi connectivity index (χ4n) is 2.90. The summed E-state index contributed by atoms with van der Waals surface area (Å²) in [4.78, 5) is 2.57. The molecular formula is C11H22N2O. The smallest absolute Gasteiger partial charge is 0.0626 e. The first-order chi connectivity index (χ1) is 6.79. The summed E-state index contributed by atoms with van der Waals surface area (Å²) >= 11 is 0. The molecule has 1 saturated carbocycles. The van der Waals surface area contributed by atoms with Gasteiger partial charge >= 0.3 is 0 Å². The molecule has 0 spiro atoms. The third-order valence-corrected chi connectivity index (χ3v) is 4.06. The molecule has 0 amide bonds. The average molecular weight is 198 g/mol. The lowest BCUT2D eigenvalue weighted by Gasteiger charge is -2.29. The van der Waals surface area contributed by atoms with Gasteiger partial charge in [0.2, 0.25) is 0 Å². The highest BCUT2D eigenvalue weighted by atomic mass is 16.3. The zero-order chi connectivity index (χ0) is 10.0. The van der Waals surface area contributed by atoms with E-state index in [2.05, 4.69) is 10.2 Å². The summed E-state index contributed by atoms with van der Waals surface area (Å²) in [5, 5.41) is 12.7. The van der Waals surface area contributed by atoms with E-state index in [0.717, 1.165) is 25.6 Å². The van der Waals surface area contributed by atoms with Gasteiger partial charge in [0.25, 0.3) is 0 Å². The van der Waals surface area contributed by atoms with Crippen LogP contribution in [0.25, 0.3) is 0 Å². The SMILES string of the molecule is CNC1(CO)CCN(C2CCCC2)C1. The van der Waals surface area contributed by atoms with Crippen molar-refractivity contribution in [3.8, 4) is 0 Å². The molecule has 0 radical (unpaired) electrons. The number of nitrogens with zero attached hydrogens (tertiary/aromatic N) is 1. The topological polar surface area (TPSA) is 35.5 Å². The standard InChI is InChI=1S/C11H22N2O/c1-12-11(9-14)6-7-13(8-11)10-4-2-3-5-10/h10,12,14H,2-9H2,1H3. The van der Waals surface area contributed by atoms with Gasteiger partial charge in [0.05, 0.1) is 12.1 Å². The van der Waals surface area contributed by atoms with Gasteiger partial charge in [-0.2, -0.15) is 0 Å². The third-order valence-electron chi connectivity index (χ3n) is 4.06. The molecule has 2 aliphatic rings. The lowest BCUT2D eigenvalue weighted by Crippen LogP contribution is -2.49. The Labute approximate surface area is 86.5 Å². The molecule has 14 heavy (non-hydrogen) atoms. The van der Waals surface area contributed by atoms with Crippen molar-refractivity contribution in [2.75, 3.05) is 26.7 Å². The van der Waals surface area contributed by atoms with Crippen molar-refractivity contribution in [1.82, 2.24) is 10.2 Å². The van der Waals surface area contributed by atoms with Crippen molar-refractivity contribution in [3.05, 3.63) is 0 Å². The summed E-state index contributed by atoms with van der Waals surface area (Å²) in [7, 11) is 1.97. The predicted octanol–water partition coefficient (Wildman–Crippen LogP) is 0.585. The number of likely N-dealkylation sites (tertiary alicyclic amines) is 1. The van der Waals surface area contributed by atoms with E-state index in [1.165, 1.54) is 25.7 Å². The Kier molecular flexibility index (Phi) is 3.10. The van der Waals surface area contributed by atoms with Crippen LogP contribution in [0.15, 0.2) is 0 Å². The maximum atomic E-state index is 9.39. The quantitative estimate of drug-likeness (QED) is 0.696. The lowest BCUT2D eigenvalue weighted by atomic mass is 10.0. The van der Waals surface area contributed by atoms with Crippen molar-refractivity contribution in [3.63, 3.8) is 0 Å². The number of hydrogen-bond donors (Lipinski definition) is 2. The maximum Gasteiger partial charge on any atom is 0.0626 e. The van der Waals surface area contributed by atoms with E-state index in [0.29, 0.717) is 0 Å². The van der Waals surface area contributed by atoms with Crippen LogP contribution in [0.3, 0.4) is 0 Å². The summed E-state index contributed by atoms with van der Waals surface area (Å²) in [6.45, 7) is 2.46. The van der Waals surface area contributed by atoms with Crippen molar-refractivity contribution in [1.29, 1.82) is 0 Å². The van der Waals surface area contributed by atoms with Gasteiger partial charge in [-0.25, -0.2) is 0 Å². The monoisotopic (exact) mass is 198 g/mol. The number of hydrogen-bond acceptors (Lipinski definition) is 3. The van der Waals surface area contributed by atoms with Crippen LogP contribution < -0.4 is 5.32 Å². The van der Waals surface area contributed by atoms with Crippen LogP contribution in [0.4, 0.5) is 0 Å². The fourth-order valence-corrected chi connectivity index (χ4v) is 2.90. The molecule has 0 aromatic carbocycles. The summed E-state index contributed by atoms with van der Waals surface area (Å²) in [5.41, 5.74) is -0.0113. The molecule has 1 heterocycles. The van der Waals surface area contributed by atoms with Crippen LogP contribution in [-0.4, -0.2) is 48.3 Å². The second-order valence-electron chi connectivity index (χ2n) is 4.85. The average Bonchev–Trinajstić information content (AvgIpc) is 2.87. The molecule has 3 heteroatoms. The van der Waals surface area contributed by atoms with Crippen molar-refractivity contribution in [2.24, 2.45) is 0 Å². The Morgan fingerprint density at radius 2 is 2.14 bits per heavy atom. The molecule has 2 rings (SSSR count). The lowest BCUT2D eigenvalue weighted by molar-refractivity contribution is 0.155. The fraction of sp³-hybridized carbons (Fsp3) is 1.00. The molecule has 0 aromatic rings. The van der Waals surface area contributed by atoms with Gasteiger partial charge in [-0.05, 0) is 26.3 Å². The second kappa shape index (κ2) is 4.17. The summed E-state index contributed by atoms with van der Waals surface area (Å²) in [6.07, 6.45) is 6.62. The highest BCUT2D eigenvalue weighted by Crippen LogP contribution is 2.29. The zero-order valence-electron chi connectivity index (χ0n) is 9.13. The molecule has 1 aliphatic carbocycles. The minimum absolute atomic E-state index is 0.0113. The van der Waals surface area contributed by atoms with Gasteiger partial charge < -0.3 is 10.4 Å². The molecule has 1 unspecified atom stereocenters. The Balaban J connectivity index is 1.92. The number of aliphatic hydroxyl groups excluding tert-OH is 1. The minimum atomic E-state index is -0.0113. The summed E-state index contributed by atoms with van der Waals surface area (Å²) < 4.78 is 0. The van der Waals surface area contributed by atoms with E-state index in [4.69, 9.17) is 0 Å². The second-order valence-corrected chi connectivity index (χ2v) is 4.85. The van der Waals surface area contributed by atoms with E-state index < -0.39 is 0 Å². The molecule has 3 nitrogen and oxygen atoms in total. The van der Waals surface area contributed by atoms with Gasteiger partial charge in [0.15, 0.2) is 0 Å². The first-order valence-corrected chi connectivity index (χ1v) is 5.83. The van der Waals surface area contributed by atoms with Crippen molar-refractivity contribution in [2.45, 2.75) is 43.7 Å². The van der Waals surface area contributed by atoms with Gasteiger partial charge in [-0.3, -0.25) is 4.90 Å². The Morgan fingerprint density at radius 1 is 1.43 bits per heavy atom. The maximum absolute atomic E-state index is 9.39. The summed E-state index contributed by atoms with van der Waals surface area (Å²) in [6, 6.07) is 0.803. The Bertz CT molecular complexity index is 186. The molecule has 1 atom stereocenters. The van der Waals surface area contributed by atoms with Crippen LogP contribution in [-0.2, 0) is 0 Å². The van der Waals surface area contributed by atoms with E-state index >= 15 is 0 Å². The van der Waals surface area contributed by atoms with E-state index in [1.54, 1.807) is 0 Å². The predicted molar refractivity (Wildman–Crippen MR) is 57.3 cm³/mol. The van der Waals surface area contributed by atoms with Crippen LogP contribution in [0.2, 0.25) is 0 Å². The highest BCUT2D eigenvalue weighted by Gasteiger charge is 2.39. The molecule has 2 N–H and O–H groups in total. The van der Waals surface area contributed by atoms with Crippen molar-refractivity contribution < 1.29 is 5.11 Å². The van der Waals surface area contributed by atoms with Crippen molar-refractivity contribution >= 4 is 0 Å². The van der Waals surface area contributed by atoms with Crippen LogP contribution in [0.5, 0.6) is 0 Å².